The Morgan fingerprint density at radius 2 is 1.96 bits per heavy atom. The zero-order valence-electron chi connectivity index (χ0n) is 12.4. The lowest BCUT2D eigenvalue weighted by Gasteiger charge is -2.33. The molecule has 4 rings (SSSR count). The predicted molar refractivity (Wildman–Crippen MR) is 90.1 cm³/mol. The van der Waals surface area contributed by atoms with Crippen LogP contribution in [-0.4, -0.2) is 32.6 Å². The molecule has 0 amide bonds. The molecule has 0 atom stereocenters. The third kappa shape index (κ3) is 2.59. The van der Waals surface area contributed by atoms with Gasteiger partial charge in [0.1, 0.15) is 11.0 Å². The van der Waals surface area contributed by atoms with E-state index in [9.17, 15) is 4.79 Å². The number of nitrogens with one attached hydrogen (secondary N) is 1. The first kappa shape index (κ1) is 14.3. The van der Waals surface area contributed by atoms with E-state index < -0.39 is 0 Å². The highest BCUT2D eigenvalue weighted by molar-refractivity contribution is 6.29. The minimum atomic E-state index is -0.0350. The van der Waals surface area contributed by atoms with Gasteiger partial charge in [-0.25, -0.2) is 9.78 Å². The Kier molecular flexibility index (Phi) is 3.53. The Hall–Kier alpha value is -2.34. The Balaban J connectivity index is 1.57. The summed E-state index contributed by atoms with van der Waals surface area (Å²) in [7, 11) is 0. The molecule has 1 aliphatic heterocycles. The topological polar surface area (TPSA) is 66.8 Å². The Bertz CT molecular complexity index is 895. The fraction of sp³-hybridized carbons (Fsp3) is 0.312. The van der Waals surface area contributed by atoms with Crippen molar-refractivity contribution in [1.29, 1.82) is 0 Å². The maximum absolute atomic E-state index is 12.3. The van der Waals surface area contributed by atoms with Crippen molar-refractivity contribution in [3.8, 4) is 0 Å². The summed E-state index contributed by atoms with van der Waals surface area (Å²) in [6.45, 7) is 1.65. The Morgan fingerprint density at radius 1 is 1.17 bits per heavy atom. The monoisotopic (exact) mass is 329 g/mol. The number of para-hydroxylation sites is 2. The van der Waals surface area contributed by atoms with Crippen molar-refractivity contribution >= 4 is 28.5 Å². The molecule has 6 nitrogen and oxygen atoms in total. The second-order valence-electron chi connectivity index (χ2n) is 5.74. The third-order valence-corrected chi connectivity index (χ3v) is 4.55. The summed E-state index contributed by atoms with van der Waals surface area (Å²) in [5.74, 6) is 0.794. The van der Waals surface area contributed by atoms with Crippen LogP contribution in [-0.2, 0) is 0 Å². The first-order chi connectivity index (χ1) is 11.2. The number of H-pyrrole nitrogens is 1. The molecule has 23 heavy (non-hydrogen) atoms. The van der Waals surface area contributed by atoms with E-state index in [1.165, 1.54) is 6.20 Å². The summed E-state index contributed by atoms with van der Waals surface area (Å²) < 4.78 is 1.89. The number of hydrogen-bond acceptors (Lipinski definition) is 4. The molecule has 118 valence electrons. The van der Waals surface area contributed by atoms with Gasteiger partial charge in [0.15, 0.2) is 0 Å². The van der Waals surface area contributed by atoms with Gasteiger partial charge in [-0.05, 0) is 25.0 Å². The second-order valence-corrected chi connectivity index (χ2v) is 6.12. The van der Waals surface area contributed by atoms with Crippen molar-refractivity contribution in [2.75, 3.05) is 18.0 Å². The van der Waals surface area contributed by atoms with Gasteiger partial charge in [0.05, 0.1) is 23.4 Å². The highest BCUT2D eigenvalue weighted by Crippen LogP contribution is 2.27. The molecule has 0 radical (unpaired) electrons. The average Bonchev–Trinajstić information content (AvgIpc) is 2.91. The number of piperidine rings is 1. The number of benzene rings is 1. The number of aromatic amines is 1. The first-order valence-corrected chi connectivity index (χ1v) is 8.02. The number of aromatic nitrogens is 4. The maximum Gasteiger partial charge on any atom is 0.326 e. The van der Waals surface area contributed by atoms with Gasteiger partial charge in [0.2, 0.25) is 0 Å². The minimum Gasteiger partial charge on any atom is -0.355 e. The van der Waals surface area contributed by atoms with E-state index in [-0.39, 0.29) is 11.7 Å². The van der Waals surface area contributed by atoms with Gasteiger partial charge in [0, 0.05) is 19.1 Å². The molecular formula is C16H16ClN5O. The maximum atomic E-state index is 12.3. The minimum absolute atomic E-state index is 0.0350. The summed E-state index contributed by atoms with van der Waals surface area (Å²) in [5, 5.41) is 0.400. The molecule has 0 bridgehead atoms. The van der Waals surface area contributed by atoms with Gasteiger partial charge in [-0.3, -0.25) is 9.55 Å². The van der Waals surface area contributed by atoms with Crippen molar-refractivity contribution in [3.05, 3.63) is 52.3 Å². The van der Waals surface area contributed by atoms with Gasteiger partial charge in [0.25, 0.3) is 0 Å². The van der Waals surface area contributed by atoms with Gasteiger partial charge in [-0.1, -0.05) is 23.7 Å². The van der Waals surface area contributed by atoms with Gasteiger partial charge >= 0.3 is 5.69 Å². The number of anilines is 1. The van der Waals surface area contributed by atoms with Crippen LogP contribution < -0.4 is 10.6 Å². The Labute approximate surface area is 137 Å². The normalized spacial score (nSPS) is 16.1. The molecule has 0 saturated carbocycles. The third-order valence-electron chi connectivity index (χ3n) is 4.37. The number of rotatable bonds is 2. The quantitative estimate of drug-likeness (QED) is 0.784. The zero-order chi connectivity index (χ0) is 15.8. The smallest absolute Gasteiger partial charge is 0.326 e. The molecule has 1 fully saturated rings. The summed E-state index contributed by atoms with van der Waals surface area (Å²) in [5.41, 5.74) is 1.83. The second kappa shape index (κ2) is 5.70. The highest BCUT2D eigenvalue weighted by Gasteiger charge is 2.24. The van der Waals surface area contributed by atoms with E-state index >= 15 is 0 Å². The molecule has 3 heterocycles. The van der Waals surface area contributed by atoms with Crippen molar-refractivity contribution in [1.82, 2.24) is 19.5 Å². The van der Waals surface area contributed by atoms with Crippen molar-refractivity contribution in [3.63, 3.8) is 0 Å². The van der Waals surface area contributed by atoms with E-state index in [0.717, 1.165) is 42.8 Å². The average molecular weight is 330 g/mol. The molecule has 1 aromatic carbocycles. The summed E-state index contributed by atoms with van der Waals surface area (Å²) in [4.78, 5) is 25.8. The van der Waals surface area contributed by atoms with Crippen LogP contribution in [0.3, 0.4) is 0 Å². The Morgan fingerprint density at radius 3 is 2.74 bits per heavy atom. The largest absolute Gasteiger partial charge is 0.355 e. The van der Waals surface area contributed by atoms with Crippen molar-refractivity contribution < 1.29 is 0 Å². The summed E-state index contributed by atoms with van der Waals surface area (Å²) in [6.07, 6.45) is 5.03. The van der Waals surface area contributed by atoms with E-state index in [1.54, 1.807) is 6.20 Å². The molecule has 1 aliphatic rings. The van der Waals surface area contributed by atoms with Crippen molar-refractivity contribution in [2.24, 2.45) is 0 Å². The zero-order valence-corrected chi connectivity index (χ0v) is 13.2. The van der Waals surface area contributed by atoms with E-state index in [1.807, 2.05) is 28.8 Å². The van der Waals surface area contributed by atoms with E-state index in [0.29, 0.717) is 5.15 Å². The molecule has 7 heteroatoms. The van der Waals surface area contributed by atoms with Gasteiger partial charge < -0.3 is 9.88 Å². The molecule has 0 spiro atoms. The molecule has 1 saturated heterocycles. The lowest BCUT2D eigenvalue weighted by atomic mass is 10.0. The van der Waals surface area contributed by atoms with Crippen LogP contribution in [0, 0.1) is 0 Å². The number of imidazole rings is 1. The first-order valence-electron chi connectivity index (χ1n) is 7.64. The SMILES string of the molecule is O=c1[nH]c2ccccc2n1C1CCN(c2cncc(Cl)n2)CC1. The van der Waals surface area contributed by atoms with E-state index in [2.05, 4.69) is 19.9 Å². The molecular weight excluding hydrogens is 314 g/mol. The molecule has 2 aromatic heterocycles. The number of hydrogen-bond donors (Lipinski definition) is 1. The highest BCUT2D eigenvalue weighted by atomic mass is 35.5. The van der Waals surface area contributed by atoms with Crippen LogP contribution in [0.5, 0.6) is 0 Å². The van der Waals surface area contributed by atoms with E-state index in [4.69, 9.17) is 11.6 Å². The van der Waals surface area contributed by atoms with Gasteiger partial charge in [-0.15, -0.1) is 0 Å². The molecule has 1 N–H and O–H groups in total. The van der Waals surface area contributed by atoms with Crippen LogP contribution >= 0.6 is 11.6 Å². The fourth-order valence-corrected chi connectivity index (χ4v) is 3.42. The lowest BCUT2D eigenvalue weighted by Crippen LogP contribution is -2.37. The molecule has 0 aliphatic carbocycles. The fourth-order valence-electron chi connectivity index (χ4n) is 3.27. The summed E-state index contributed by atoms with van der Waals surface area (Å²) in [6, 6.07) is 8.01. The van der Waals surface area contributed by atoms with Crippen LogP contribution in [0.25, 0.3) is 11.0 Å². The van der Waals surface area contributed by atoms with Crippen LogP contribution in [0.1, 0.15) is 18.9 Å². The summed E-state index contributed by atoms with van der Waals surface area (Å²) >= 11 is 5.91. The van der Waals surface area contributed by atoms with Crippen molar-refractivity contribution in [2.45, 2.75) is 18.9 Å². The standard InChI is InChI=1S/C16H16ClN5O/c17-14-9-18-10-15(20-14)21-7-5-11(6-8-21)22-13-4-2-1-3-12(13)19-16(22)23/h1-4,9-11H,5-8H2,(H,19,23). The van der Waals surface area contributed by atoms with Crippen LogP contribution in [0.2, 0.25) is 5.15 Å². The molecule has 3 aromatic rings. The van der Waals surface area contributed by atoms with Gasteiger partial charge in [-0.2, -0.15) is 0 Å². The van der Waals surface area contributed by atoms with Crippen LogP contribution in [0.4, 0.5) is 5.82 Å². The van der Waals surface area contributed by atoms with Crippen LogP contribution in [0.15, 0.2) is 41.5 Å². The number of nitrogens with zero attached hydrogens (tertiary/aromatic N) is 4. The molecule has 0 unspecified atom stereocenters. The number of halogens is 1. The lowest BCUT2D eigenvalue weighted by molar-refractivity contribution is 0.395. The number of fused-ring (bicyclic) bond motifs is 1. The predicted octanol–water partition coefficient (Wildman–Crippen LogP) is 2.61.